The van der Waals surface area contributed by atoms with Crippen molar-refractivity contribution in [3.63, 3.8) is 0 Å². The fourth-order valence-corrected chi connectivity index (χ4v) is 4.75. The molecule has 0 spiro atoms. The zero-order valence-corrected chi connectivity index (χ0v) is 19.7. The van der Waals surface area contributed by atoms with E-state index in [0.717, 1.165) is 11.1 Å². The minimum atomic E-state index is -0.691. The number of halogens is 2. The lowest BCUT2D eigenvalue weighted by Gasteiger charge is -2.18. The second-order valence-corrected chi connectivity index (χ2v) is 8.96. The Morgan fingerprint density at radius 3 is 1.97 bits per heavy atom. The first kappa shape index (κ1) is 23.4. The van der Waals surface area contributed by atoms with Gasteiger partial charge in [-0.2, -0.15) is 0 Å². The summed E-state index contributed by atoms with van der Waals surface area (Å²) in [5, 5.41) is 11.5. The Morgan fingerprint density at radius 1 is 0.750 bits per heavy atom. The van der Waals surface area contributed by atoms with Crippen LogP contribution in [0.3, 0.4) is 0 Å². The van der Waals surface area contributed by atoms with Gasteiger partial charge in [0.05, 0.1) is 0 Å². The summed E-state index contributed by atoms with van der Waals surface area (Å²) in [6.07, 6.45) is 0. The van der Waals surface area contributed by atoms with Crippen LogP contribution in [-0.2, 0) is 4.79 Å². The first-order valence-electron chi connectivity index (χ1n) is 11.1. The summed E-state index contributed by atoms with van der Waals surface area (Å²) in [6, 6.07) is 30.4. The third-order valence-electron chi connectivity index (χ3n) is 5.43. The van der Waals surface area contributed by atoms with Crippen LogP contribution in [0, 0.1) is 11.6 Å². The molecule has 1 unspecified atom stereocenters. The molecule has 0 aliphatic heterocycles. The Labute approximate surface area is 210 Å². The van der Waals surface area contributed by atoms with Crippen molar-refractivity contribution in [1.29, 1.82) is 0 Å². The van der Waals surface area contributed by atoms with Crippen molar-refractivity contribution in [3.05, 3.63) is 126 Å². The first-order valence-corrected chi connectivity index (χ1v) is 12.0. The predicted molar refractivity (Wildman–Crippen MR) is 137 cm³/mol. The molecule has 178 valence electrons. The number of nitrogens with one attached hydrogen (secondary N) is 1. The highest BCUT2D eigenvalue weighted by molar-refractivity contribution is 8.00. The van der Waals surface area contributed by atoms with Crippen LogP contribution >= 0.6 is 11.8 Å². The summed E-state index contributed by atoms with van der Waals surface area (Å²) in [5.41, 5.74) is 2.73. The molecule has 4 aromatic carbocycles. The molecule has 8 heteroatoms. The number of aromatic nitrogens is 3. The number of carbonyl (C=O) groups excluding carboxylic acids is 1. The summed E-state index contributed by atoms with van der Waals surface area (Å²) in [6.45, 7) is 0. The monoisotopic (exact) mass is 498 g/mol. The fraction of sp³-hybridized carbons (Fsp3) is 0.0357. The quantitative estimate of drug-likeness (QED) is 0.254. The molecule has 0 aliphatic rings. The number of thioether (sulfide) groups is 1. The maximum absolute atomic E-state index is 13.7. The van der Waals surface area contributed by atoms with Crippen molar-refractivity contribution in [3.8, 4) is 17.1 Å². The normalized spacial score (nSPS) is 11.7. The van der Waals surface area contributed by atoms with Gasteiger partial charge < -0.3 is 5.32 Å². The zero-order valence-electron chi connectivity index (χ0n) is 18.9. The molecule has 1 heterocycles. The summed E-state index contributed by atoms with van der Waals surface area (Å²) in [5.74, 6) is -0.478. The van der Waals surface area contributed by atoms with Crippen LogP contribution in [0.2, 0.25) is 0 Å². The van der Waals surface area contributed by atoms with Gasteiger partial charge in [0.15, 0.2) is 11.0 Å². The van der Waals surface area contributed by atoms with Gasteiger partial charge >= 0.3 is 0 Å². The van der Waals surface area contributed by atoms with Crippen molar-refractivity contribution >= 4 is 23.4 Å². The predicted octanol–water partition coefficient (Wildman–Crippen LogP) is 6.68. The molecule has 0 radical (unpaired) electrons. The molecule has 5 nitrogen and oxygen atoms in total. The van der Waals surface area contributed by atoms with Gasteiger partial charge in [-0.15, -0.1) is 10.2 Å². The van der Waals surface area contributed by atoms with Gasteiger partial charge in [-0.3, -0.25) is 9.36 Å². The maximum Gasteiger partial charge on any atom is 0.242 e. The van der Waals surface area contributed by atoms with Gasteiger partial charge in [0.1, 0.15) is 16.9 Å². The number of benzene rings is 4. The highest BCUT2D eigenvalue weighted by Gasteiger charge is 2.27. The van der Waals surface area contributed by atoms with Gasteiger partial charge in [0, 0.05) is 16.9 Å². The number of nitrogens with zero attached hydrogens (tertiary/aromatic N) is 3. The van der Waals surface area contributed by atoms with Gasteiger partial charge in [0.25, 0.3) is 0 Å². The van der Waals surface area contributed by atoms with Crippen LogP contribution in [0.4, 0.5) is 14.5 Å². The van der Waals surface area contributed by atoms with E-state index in [9.17, 15) is 13.6 Å². The van der Waals surface area contributed by atoms with E-state index >= 15 is 0 Å². The highest BCUT2D eigenvalue weighted by atomic mass is 32.2. The molecule has 1 amide bonds. The number of carbonyl (C=O) groups is 1. The standard InChI is InChI=1S/C28H20F2N4OS/c29-21-11-15-23(16-12-21)31-27(35)25(19-7-3-1-4-8-19)36-28-33-32-26(20-9-5-2-6-10-20)34(28)24-17-13-22(30)14-18-24/h1-18,25H,(H,31,35). The van der Waals surface area contributed by atoms with Gasteiger partial charge in [-0.05, 0) is 54.1 Å². The molecule has 1 atom stereocenters. The minimum absolute atomic E-state index is 0.298. The van der Waals surface area contributed by atoms with Crippen LogP contribution in [0.5, 0.6) is 0 Å². The third-order valence-corrected chi connectivity index (χ3v) is 6.62. The average Bonchev–Trinajstić information content (AvgIpc) is 3.33. The molecule has 1 N–H and O–H groups in total. The molecular weight excluding hydrogens is 478 g/mol. The zero-order chi connectivity index (χ0) is 24.9. The molecule has 0 saturated heterocycles. The average molecular weight is 499 g/mol. The van der Waals surface area contributed by atoms with E-state index in [1.165, 1.54) is 48.2 Å². The Morgan fingerprint density at radius 2 is 1.33 bits per heavy atom. The van der Waals surface area contributed by atoms with Gasteiger partial charge in [-0.25, -0.2) is 8.78 Å². The maximum atomic E-state index is 13.7. The molecule has 5 rings (SSSR count). The van der Waals surface area contributed by atoms with E-state index in [1.807, 2.05) is 60.7 Å². The van der Waals surface area contributed by atoms with Crippen LogP contribution in [0.15, 0.2) is 114 Å². The van der Waals surface area contributed by atoms with E-state index in [0.29, 0.717) is 22.4 Å². The summed E-state index contributed by atoms with van der Waals surface area (Å²) in [4.78, 5) is 13.4. The van der Waals surface area contributed by atoms with Gasteiger partial charge in [-0.1, -0.05) is 72.4 Å². The second-order valence-electron chi connectivity index (χ2n) is 7.89. The molecule has 1 aromatic heterocycles. The van der Waals surface area contributed by atoms with Gasteiger partial charge in [0.2, 0.25) is 5.91 Å². The van der Waals surface area contributed by atoms with Crippen molar-refractivity contribution in [1.82, 2.24) is 14.8 Å². The smallest absolute Gasteiger partial charge is 0.242 e. The number of hydrogen-bond donors (Lipinski definition) is 1. The minimum Gasteiger partial charge on any atom is -0.325 e. The Bertz CT molecular complexity index is 1460. The van der Waals surface area contributed by atoms with E-state index in [1.54, 1.807) is 16.7 Å². The third kappa shape index (κ3) is 5.18. The topological polar surface area (TPSA) is 59.8 Å². The largest absolute Gasteiger partial charge is 0.325 e. The second kappa shape index (κ2) is 10.5. The van der Waals surface area contributed by atoms with Crippen LogP contribution in [0.25, 0.3) is 17.1 Å². The number of hydrogen-bond acceptors (Lipinski definition) is 4. The fourth-order valence-electron chi connectivity index (χ4n) is 3.69. The molecule has 0 fully saturated rings. The van der Waals surface area contributed by atoms with Crippen molar-refractivity contribution in [2.75, 3.05) is 5.32 Å². The van der Waals surface area contributed by atoms with Crippen LogP contribution < -0.4 is 5.32 Å². The van der Waals surface area contributed by atoms with Crippen molar-refractivity contribution in [2.24, 2.45) is 0 Å². The first-order chi connectivity index (χ1) is 17.6. The molecule has 5 aromatic rings. The number of anilines is 1. The molecular formula is C28H20F2N4OS. The Hall–Kier alpha value is -4.30. The number of amides is 1. The van der Waals surface area contributed by atoms with E-state index in [2.05, 4.69) is 15.5 Å². The Balaban J connectivity index is 1.56. The summed E-state index contributed by atoms with van der Waals surface area (Å²) >= 11 is 1.22. The lowest BCUT2D eigenvalue weighted by atomic mass is 10.1. The molecule has 0 saturated carbocycles. The van der Waals surface area contributed by atoms with Crippen LogP contribution in [-0.4, -0.2) is 20.7 Å². The van der Waals surface area contributed by atoms with E-state index < -0.39 is 5.25 Å². The van der Waals surface area contributed by atoms with E-state index in [4.69, 9.17) is 0 Å². The lowest BCUT2D eigenvalue weighted by molar-refractivity contribution is -0.115. The molecule has 0 aliphatic carbocycles. The summed E-state index contributed by atoms with van der Waals surface area (Å²) < 4.78 is 28.9. The summed E-state index contributed by atoms with van der Waals surface area (Å²) in [7, 11) is 0. The molecule has 36 heavy (non-hydrogen) atoms. The SMILES string of the molecule is O=C(Nc1ccc(F)cc1)C(Sc1nnc(-c2ccccc2)n1-c1ccc(F)cc1)c1ccccc1. The van der Waals surface area contributed by atoms with Crippen molar-refractivity contribution in [2.45, 2.75) is 10.4 Å². The number of rotatable bonds is 7. The molecule has 0 bridgehead atoms. The van der Waals surface area contributed by atoms with Crippen LogP contribution in [0.1, 0.15) is 10.8 Å². The Kier molecular flexibility index (Phi) is 6.86. The van der Waals surface area contributed by atoms with E-state index in [-0.39, 0.29) is 17.5 Å². The van der Waals surface area contributed by atoms with Crippen molar-refractivity contribution < 1.29 is 13.6 Å². The lowest BCUT2D eigenvalue weighted by Crippen LogP contribution is -2.19. The highest BCUT2D eigenvalue weighted by Crippen LogP contribution is 2.38.